The van der Waals surface area contributed by atoms with Gasteiger partial charge in [0.25, 0.3) is 5.91 Å². The molecule has 178 valence electrons. The molecule has 3 aromatic carbocycles. The van der Waals surface area contributed by atoms with Gasteiger partial charge in [-0.3, -0.25) is 4.79 Å². The van der Waals surface area contributed by atoms with Crippen LogP contribution in [0, 0.1) is 5.82 Å². The van der Waals surface area contributed by atoms with E-state index in [0.717, 1.165) is 22.7 Å². The van der Waals surface area contributed by atoms with Gasteiger partial charge in [0.15, 0.2) is 5.82 Å². The summed E-state index contributed by atoms with van der Waals surface area (Å²) in [6.07, 6.45) is 0. The molecule has 35 heavy (non-hydrogen) atoms. The summed E-state index contributed by atoms with van der Waals surface area (Å²) in [5.41, 5.74) is 2.48. The van der Waals surface area contributed by atoms with Crippen LogP contribution in [0.15, 0.2) is 72.8 Å². The number of rotatable bonds is 5. The number of halogens is 2. The molecule has 2 heterocycles. The van der Waals surface area contributed by atoms with Crippen LogP contribution >= 0.6 is 11.6 Å². The van der Waals surface area contributed by atoms with Crippen LogP contribution in [0.3, 0.4) is 0 Å². The van der Waals surface area contributed by atoms with E-state index in [2.05, 4.69) is 15.0 Å². The second-order valence-corrected chi connectivity index (χ2v) is 8.57. The highest BCUT2D eigenvalue weighted by Crippen LogP contribution is 2.25. The largest absolute Gasteiger partial charge is 0.497 e. The van der Waals surface area contributed by atoms with Crippen LogP contribution in [0.4, 0.5) is 10.1 Å². The number of carbonyl (C=O) groups is 1. The fourth-order valence-corrected chi connectivity index (χ4v) is 4.18. The first-order chi connectivity index (χ1) is 17.0. The molecule has 1 aromatic heterocycles. The topological polar surface area (TPSA) is 63.5 Å². The molecule has 0 saturated carbocycles. The first-order valence-corrected chi connectivity index (χ1v) is 11.6. The number of benzene rings is 3. The molecule has 0 atom stereocenters. The van der Waals surface area contributed by atoms with E-state index in [1.165, 1.54) is 12.1 Å². The molecule has 1 aliphatic rings. The third-order valence-electron chi connectivity index (χ3n) is 5.98. The molecule has 1 aliphatic heterocycles. The average molecular weight is 492 g/mol. The number of hydrogen-bond donors (Lipinski definition) is 0. The van der Waals surface area contributed by atoms with Gasteiger partial charge in [-0.2, -0.15) is 0 Å². The van der Waals surface area contributed by atoms with E-state index in [4.69, 9.17) is 16.3 Å². The molecule has 0 radical (unpaired) electrons. The molecule has 0 aliphatic carbocycles. The van der Waals surface area contributed by atoms with Crippen molar-refractivity contribution in [1.82, 2.24) is 19.7 Å². The van der Waals surface area contributed by atoms with Crippen LogP contribution in [0.5, 0.6) is 5.75 Å². The number of nitrogens with zero attached hydrogens (tertiary/aromatic N) is 5. The van der Waals surface area contributed by atoms with E-state index in [1.807, 2.05) is 36.4 Å². The molecule has 0 N–H and O–H groups in total. The predicted molar refractivity (Wildman–Crippen MR) is 133 cm³/mol. The Balaban J connectivity index is 1.40. The highest BCUT2D eigenvalue weighted by atomic mass is 35.5. The molecule has 4 aromatic rings. The first kappa shape index (κ1) is 22.9. The van der Waals surface area contributed by atoms with Crippen LogP contribution in [-0.2, 0) is 0 Å². The van der Waals surface area contributed by atoms with Crippen molar-refractivity contribution in [2.75, 3.05) is 38.2 Å². The van der Waals surface area contributed by atoms with E-state index < -0.39 is 0 Å². The standard InChI is InChI=1S/C26H23ClFN5O2/c1-35-23-12-2-18(3-13-23)25-29-24(30-33(25)22-8-4-19(27)5-9-22)26(34)32-16-14-31(15-17-32)21-10-6-20(28)7-11-21/h2-13H,14-17H2,1H3. The maximum Gasteiger partial charge on any atom is 0.293 e. The Labute approximate surface area is 207 Å². The molecule has 1 saturated heterocycles. The zero-order valence-corrected chi connectivity index (χ0v) is 19.8. The Bertz CT molecular complexity index is 1320. The number of hydrogen-bond acceptors (Lipinski definition) is 5. The van der Waals surface area contributed by atoms with Crippen molar-refractivity contribution >= 4 is 23.2 Å². The zero-order chi connectivity index (χ0) is 24.4. The SMILES string of the molecule is COc1ccc(-c2nc(C(=O)N3CCN(c4ccc(F)cc4)CC3)nn2-c2ccc(Cl)cc2)cc1. The highest BCUT2D eigenvalue weighted by molar-refractivity contribution is 6.30. The molecule has 9 heteroatoms. The van der Waals surface area contributed by atoms with Gasteiger partial charge in [-0.15, -0.1) is 5.10 Å². The van der Waals surface area contributed by atoms with Crippen molar-refractivity contribution < 1.29 is 13.9 Å². The van der Waals surface area contributed by atoms with E-state index in [0.29, 0.717) is 37.0 Å². The third kappa shape index (κ3) is 4.83. The van der Waals surface area contributed by atoms with Gasteiger partial charge >= 0.3 is 0 Å². The van der Waals surface area contributed by atoms with Crippen LogP contribution < -0.4 is 9.64 Å². The molecule has 1 amide bonds. The summed E-state index contributed by atoms with van der Waals surface area (Å²) in [5, 5.41) is 5.18. The lowest BCUT2D eigenvalue weighted by Gasteiger charge is -2.35. The third-order valence-corrected chi connectivity index (χ3v) is 6.23. The van der Waals surface area contributed by atoms with E-state index in [1.54, 1.807) is 41.0 Å². The molecule has 5 rings (SSSR count). The van der Waals surface area contributed by atoms with E-state index in [-0.39, 0.29) is 17.5 Å². The van der Waals surface area contributed by atoms with Crippen molar-refractivity contribution in [2.45, 2.75) is 0 Å². The summed E-state index contributed by atoms with van der Waals surface area (Å²) in [4.78, 5) is 21.9. The summed E-state index contributed by atoms with van der Waals surface area (Å²) in [6, 6.07) is 21.0. The Morgan fingerprint density at radius 2 is 1.51 bits per heavy atom. The predicted octanol–water partition coefficient (Wildman–Crippen LogP) is 4.70. The lowest BCUT2D eigenvalue weighted by molar-refractivity contribution is 0.0734. The maximum atomic E-state index is 13.3. The molecule has 0 bridgehead atoms. The zero-order valence-electron chi connectivity index (χ0n) is 19.1. The summed E-state index contributed by atoms with van der Waals surface area (Å²) in [6.45, 7) is 2.31. The number of ether oxygens (including phenoxy) is 1. The Hall–Kier alpha value is -3.91. The fraction of sp³-hybridized carbons (Fsp3) is 0.192. The summed E-state index contributed by atoms with van der Waals surface area (Å²) >= 11 is 6.07. The van der Waals surface area contributed by atoms with Gasteiger partial charge in [-0.05, 0) is 72.8 Å². The minimum absolute atomic E-state index is 0.126. The number of anilines is 1. The second-order valence-electron chi connectivity index (χ2n) is 8.13. The summed E-state index contributed by atoms with van der Waals surface area (Å²) < 4.78 is 20.2. The monoisotopic (exact) mass is 491 g/mol. The lowest BCUT2D eigenvalue weighted by Crippen LogP contribution is -2.49. The minimum atomic E-state index is -0.266. The Morgan fingerprint density at radius 1 is 0.886 bits per heavy atom. The maximum absolute atomic E-state index is 13.3. The van der Waals surface area contributed by atoms with Gasteiger partial charge in [0, 0.05) is 42.5 Å². The van der Waals surface area contributed by atoms with Crippen LogP contribution in [0.25, 0.3) is 17.1 Å². The first-order valence-electron chi connectivity index (χ1n) is 11.2. The average Bonchev–Trinajstić information content (AvgIpc) is 3.35. The number of carbonyl (C=O) groups excluding carboxylic acids is 1. The van der Waals surface area contributed by atoms with E-state index in [9.17, 15) is 9.18 Å². The number of piperazine rings is 1. The molecule has 0 unspecified atom stereocenters. The minimum Gasteiger partial charge on any atom is -0.497 e. The van der Waals surface area contributed by atoms with Gasteiger partial charge < -0.3 is 14.5 Å². The Morgan fingerprint density at radius 3 is 2.14 bits per heavy atom. The second kappa shape index (κ2) is 9.76. The van der Waals surface area contributed by atoms with Crippen molar-refractivity contribution in [2.24, 2.45) is 0 Å². The quantitative estimate of drug-likeness (QED) is 0.405. The molecule has 1 fully saturated rings. The van der Waals surface area contributed by atoms with E-state index >= 15 is 0 Å². The molecular weight excluding hydrogens is 469 g/mol. The van der Waals surface area contributed by atoms with Crippen molar-refractivity contribution in [3.05, 3.63) is 89.5 Å². The van der Waals surface area contributed by atoms with Crippen LogP contribution in [0.2, 0.25) is 5.02 Å². The summed E-state index contributed by atoms with van der Waals surface area (Å²) in [5.74, 6) is 0.898. The normalized spacial score (nSPS) is 13.7. The van der Waals surface area contributed by atoms with Gasteiger partial charge in [0.05, 0.1) is 12.8 Å². The smallest absolute Gasteiger partial charge is 0.293 e. The highest BCUT2D eigenvalue weighted by Gasteiger charge is 2.27. The van der Waals surface area contributed by atoms with Crippen molar-refractivity contribution in [3.8, 4) is 22.8 Å². The number of methoxy groups -OCH3 is 1. The van der Waals surface area contributed by atoms with Crippen LogP contribution in [0.1, 0.15) is 10.6 Å². The fourth-order valence-electron chi connectivity index (χ4n) is 4.05. The number of aromatic nitrogens is 3. The summed E-state index contributed by atoms with van der Waals surface area (Å²) in [7, 11) is 1.61. The van der Waals surface area contributed by atoms with Crippen molar-refractivity contribution in [3.63, 3.8) is 0 Å². The van der Waals surface area contributed by atoms with Crippen LogP contribution in [-0.4, -0.2) is 58.9 Å². The van der Waals surface area contributed by atoms with Gasteiger partial charge in [-0.1, -0.05) is 11.6 Å². The van der Waals surface area contributed by atoms with Gasteiger partial charge in [0.1, 0.15) is 11.6 Å². The van der Waals surface area contributed by atoms with Crippen molar-refractivity contribution in [1.29, 1.82) is 0 Å². The number of amides is 1. The van der Waals surface area contributed by atoms with Gasteiger partial charge in [0.2, 0.25) is 5.82 Å². The lowest BCUT2D eigenvalue weighted by atomic mass is 10.2. The molecule has 0 spiro atoms. The molecular formula is C26H23ClFN5O2. The Kier molecular flexibility index (Phi) is 6.37. The van der Waals surface area contributed by atoms with Gasteiger partial charge in [-0.25, -0.2) is 14.1 Å². The molecule has 7 nitrogen and oxygen atoms in total.